The smallest absolute Gasteiger partial charge is 0.449 e. The van der Waals surface area contributed by atoms with Gasteiger partial charge in [-0.25, -0.2) is 9.09 Å². The van der Waals surface area contributed by atoms with Crippen molar-refractivity contribution in [2.45, 2.75) is 6.92 Å². The van der Waals surface area contributed by atoms with E-state index >= 15 is 0 Å². The molecule has 1 unspecified atom stereocenters. The number of carbonyl (C=O) groups is 1. The van der Waals surface area contributed by atoms with Crippen LogP contribution in [0.4, 0.5) is 0 Å². The Labute approximate surface area is 141 Å². The summed E-state index contributed by atoms with van der Waals surface area (Å²) in [6.07, 6.45) is 0. The summed E-state index contributed by atoms with van der Waals surface area (Å²) in [7, 11) is -7.98. The average Bonchev–Trinajstić information content (AvgIpc) is 2.94. The predicted molar refractivity (Wildman–Crippen MR) is 86.8 cm³/mol. The summed E-state index contributed by atoms with van der Waals surface area (Å²) >= 11 is 0. The van der Waals surface area contributed by atoms with Crippen LogP contribution < -0.4 is 9.05 Å². The van der Waals surface area contributed by atoms with Crippen LogP contribution >= 0.6 is 16.1 Å². The van der Waals surface area contributed by atoms with Crippen molar-refractivity contribution in [3.05, 3.63) is 36.1 Å². The normalized spacial score (nSPS) is 12.4. The Hall–Kier alpha value is -2.28. The number of Topliss-reactive ketones (excluding diaryl/α,β-unsaturated/α-hetero) is 1. The van der Waals surface area contributed by atoms with Gasteiger partial charge in [0, 0.05) is 22.3 Å². The topological polar surface area (TPSA) is 144 Å². The molecular formula is C14H11O9P2+. The molecule has 0 aliphatic carbocycles. The van der Waals surface area contributed by atoms with E-state index in [1.54, 1.807) is 12.1 Å². The van der Waals surface area contributed by atoms with Crippen LogP contribution in [0.2, 0.25) is 0 Å². The number of rotatable bonds is 5. The Morgan fingerprint density at radius 2 is 1.76 bits per heavy atom. The van der Waals surface area contributed by atoms with Crippen molar-refractivity contribution < 1.29 is 42.1 Å². The van der Waals surface area contributed by atoms with Crippen LogP contribution in [0, 0.1) is 0 Å². The van der Waals surface area contributed by atoms with Gasteiger partial charge in [0.25, 0.3) is 0 Å². The molecule has 0 aliphatic heterocycles. The number of benzene rings is 2. The summed E-state index contributed by atoms with van der Waals surface area (Å²) < 4.78 is 37.6. The maximum Gasteiger partial charge on any atom is 0.747 e. The van der Waals surface area contributed by atoms with E-state index in [0.29, 0.717) is 0 Å². The van der Waals surface area contributed by atoms with Gasteiger partial charge in [-0.1, -0.05) is 24.3 Å². The average molecular weight is 385 g/mol. The second-order valence-corrected chi connectivity index (χ2v) is 6.85. The van der Waals surface area contributed by atoms with Crippen molar-refractivity contribution in [3.8, 4) is 11.5 Å². The monoisotopic (exact) mass is 385 g/mol. The fraction of sp³-hybridized carbons (Fsp3) is 0.0714. The summed E-state index contributed by atoms with van der Waals surface area (Å²) in [4.78, 5) is 39.1. The number of hydrogen-bond acceptors (Lipinski definition) is 6. The molecule has 0 aliphatic rings. The lowest BCUT2D eigenvalue weighted by Gasteiger charge is -2.12. The summed E-state index contributed by atoms with van der Waals surface area (Å²) in [5.41, 5.74) is -0.134. The van der Waals surface area contributed by atoms with Crippen LogP contribution in [-0.2, 0) is 9.13 Å². The number of phosphoric ester groups is 1. The third kappa shape index (κ3) is 3.42. The fourth-order valence-corrected chi connectivity index (χ4v) is 3.21. The first-order valence-corrected chi connectivity index (χ1v) is 9.42. The Morgan fingerprint density at radius 3 is 2.28 bits per heavy atom. The third-order valence-corrected chi connectivity index (χ3v) is 4.08. The highest BCUT2D eigenvalue weighted by Crippen LogP contribution is 2.50. The number of hydrogen-bond donors (Lipinski definition) is 3. The molecule has 0 saturated carbocycles. The predicted octanol–water partition coefficient (Wildman–Crippen LogP) is 3.29. The van der Waals surface area contributed by atoms with Gasteiger partial charge in [0.15, 0.2) is 22.9 Å². The molecule has 0 spiro atoms. The minimum Gasteiger partial charge on any atom is -0.449 e. The second kappa shape index (κ2) is 6.22. The van der Waals surface area contributed by atoms with E-state index in [2.05, 4.69) is 0 Å². The van der Waals surface area contributed by atoms with Crippen LogP contribution in [0.5, 0.6) is 11.5 Å². The number of furan rings is 1. The minimum atomic E-state index is -4.93. The lowest BCUT2D eigenvalue weighted by atomic mass is 10.1. The van der Waals surface area contributed by atoms with Gasteiger partial charge in [0.1, 0.15) is 0 Å². The molecule has 1 heterocycles. The highest BCUT2D eigenvalue weighted by molar-refractivity contribution is 7.46. The highest BCUT2D eigenvalue weighted by atomic mass is 31.2. The van der Waals surface area contributed by atoms with E-state index in [-0.39, 0.29) is 39.0 Å². The lowest BCUT2D eigenvalue weighted by molar-refractivity contribution is 0.0989. The van der Waals surface area contributed by atoms with Gasteiger partial charge in [-0.3, -0.25) is 14.6 Å². The van der Waals surface area contributed by atoms with Gasteiger partial charge >= 0.3 is 16.1 Å². The van der Waals surface area contributed by atoms with Crippen molar-refractivity contribution in [1.82, 2.24) is 0 Å². The van der Waals surface area contributed by atoms with Crippen LogP contribution in [0.15, 0.2) is 34.7 Å². The van der Waals surface area contributed by atoms with Gasteiger partial charge in [0.2, 0.25) is 5.75 Å². The molecular weight excluding hydrogens is 374 g/mol. The number of carbonyl (C=O) groups excluding carboxylic acids is 1. The minimum absolute atomic E-state index is 0.0269. The summed E-state index contributed by atoms with van der Waals surface area (Å²) in [6.45, 7) is 1.23. The Balaban J connectivity index is 2.48. The fourth-order valence-electron chi connectivity index (χ4n) is 2.43. The largest absolute Gasteiger partial charge is 0.747 e. The van der Waals surface area contributed by atoms with Crippen molar-refractivity contribution in [2.24, 2.45) is 0 Å². The molecule has 0 radical (unpaired) electrons. The molecule has 0 saturated heterocycles. The zero-order valence-electron chi connectivity index (χ0n) is 12.6. The Morgan fingerprint density at radius 1 is 1.16 bits per heavy atom. The number of fused-ring (bicyclic) bond motifs is 2. The van der Waals surface area contributed by atoms with Gasteiger partial charge in [0.05, 0.1) is 5.39 Å². The highest BCUT2D eigenvalue weighted by Gasteiger charge is 2.29. The van der Waals surface area contributed by atoms with Crippen LogP contribution in [0.1, 0.15) is 17.5 Å². The molecule has 25 heavy (non-hydrogen) atoms. The quantitative estimate of drug-likeness (QED) is 0.445. The zero-order chi connectivity index (χ0) is 18.4. The van der Waals surface area contributed by atoms with Crippen LogP contribution in [0.25, 0.3) is 21.7 Å². The van der Waals surface area contributed by atoms with E-state index in [1.165, 1.54) is 25.1 Å². The molecule has 3 rings (SSSR count). The van der Waals surface area contributed by atoms with Gasteiger partial charge < -0.3 is 8.94 Å². The molecule has 0 bridgehead atoms. The maximum atomic E-state index is 11.6. The molecule has 2 aromatic carbocycles. The van der Waals surface area contributed by atoms with Crippen molar-refractivity contribution >= 4 is 43.6 Å². The Bertz CT molecular complexity index is 1060. The summed E-state index contributed by atoms with van der Waals surface area (Å²) in [5.74, 6) is -0.948. The van der Waals surface area contributed by atoms with Gasteiger partial charge in [-0.15, -0.1) is 4.89 Å². The molecule has 3 N–H and O–H groups in total. The molecule has 3 aromatic rings. The number of ketones is 1. The standard InChI is InChI=1S/C14H10O9P2/c1-7(15)11-6-10-12(23-25(18,19)20)8-4-2-3-5-9(8)14(13(10)21-11)22-24(16)17/h2-6H,1H3,(H2-,16,17,18,19,20)/p+1. The second-order valence-electron chi connectivity index (χ2n) is 5.02. The maximum absolute atomic E-state index is 11.6. The van der Waals surface area contributed by atoms with Crippen LogP contribution in [0.3, 0.4) is 0 Å². The van der Waals surface area contributed by atoms with E-state index in [4.69, 9.17) is 18.4 Å². The van der Waals surface area contributed by atoms with Crippen molar-refractivity contribution in [1.29, 1.82) is 0 Å². The molecule has 130 valence electrons. The lowest BCUT2D eigenvalue weighted by Crippen LogP contribution is -1.94. The molecule has 9 nitrogen and oxygen atoms in total. The zero-order valence-corrected chi connectivity index (χ0v) is 14.4. The van der Waals surface area contributed by atoms with Gasteiger partial charge in [-0.05, 0) is 6.07 Å². The van der Waals surface area contributed by atoms with E-state index < -0.39 is 21.9 Å². The summed E-state index contributed by atoms with van der Waals surface area (Å²) in [6, 6.07) is 7.37. The summed E-state index contributed by atoms with van der Waals surface area (Å²) in [5, 5.41) is 0.459. The molecule has 11 heteroatoms. The molecule has 0 fully saturated rings. The van der Waals surface area contributed by atoms with Crippen molar-refractivity contribution in [2.75, 3.05) is 0 Å². The Kier molecular flexibility index (Phi) is 4.36. The first kappa shape index (κ1) is 17.5. The van der Waals surface area contributed by atoms with E-state index in [0.717, 1.165) is 0 Å². The molecule has 1 aromatic heterocycles. The first-order valence-electron chi connectivity index (χ1n) is 6.76. The van der Waals surface area contributed by atoms with Crippen molar-refractivity contribution in [3.63, 3.8) is 0 Å². The van der Waals surface area contributed by atoms with E-state index in [1.807, 2.05) is 0 Å². The molecule has 0 amide bonds. The third-order valence-electron chi connectivity index (χ3n) is 3.33. The SMILES string of the molecule is CC(=O)c1cc2c(OP(=O)(O)O)c3ccccc3c(O[P+](=O)O)c2o1. The van der Waals surface area contributed by atoms with Gasteiger partial charge in [-0.2, -0.15) is 0 Å². The first-order chi connectivity index (χ1) is 11.7. The molecule has 1 atom stereocenters. The number of phosphoric acid groups is 1. The van der Waals surface area contributed by atoms with E-state index in [9.17, 15) is 23.7 Å². The van der Waals surface area contributed by atoms with Crippen LogP contribution in [-0.4, -0.2) is 20.5 Å².